The topological polar surface area (TPSA) is 67.8 Å². The van der Waals surface area contributed by atoms with Gasteiger partial charge in [-0.15, -0.1) is 11.3 Å². The molecular weight excluding hydrogens is 336 g/mol. The first-order chi connectivity index (χ1) is 12.3. The molecule has 2 heterocycles. The van der Waals surface area contributed by atoms with Crippen LogP contribution in [0.2, 0.25) is 0 Å². The zero-order valence-electron chi connectivity index (χ0n) is 14.7. The maximum atomic E-state index is 5.42. The van der Waals surface area contributed by atoms with Crippen molar-refractivity contribution in [3.8, 4) is 11.5 Å². The Morgan fingerprint density at radius 3 is 2.92 bits per heavy atom. The highest BCUT2D eigenvalue weighted by Crippen LogP contribution is 2.32. The lowest BCUT2D eigenvalue weighted by Crippen LogP contribution is -2.38. The van der Waals surface area contributed by atoms with Crippen molar-refractivity contribution in [2.24, 2.45) is 4.99 Å². The molecule has 1 aromatic heterocycles. The third-order valence-electron chi connectivity index (χ3n) is 3.81. The van der Waals surface area contributed by atoms with E-state index in [-0.39, 0.29) is 0 Å². The molecule has 134 valence electrons. The molecule has 0 aliphatic carbocycles. The largest absolute Gasteiger partial charge is 0.454 e. The molecule has 6 nitrogen and oxygen atoms in total. The molecule has 1 aliphatic rings. The quantitative estimate of drug-likeness (QED) is 0.587. The summed E-state index contributed by atoms with van der Waals surface area (Å²) < 4.78 is 10.8. The van der Waals surface area contributed by atoms with Crippen molar-refractivity contribution in [1.29, 1.82) is 0 Å². The number of guanidine groups is 1. The maximum absolute atomic E-state index is 5.42. The van der Waals surface area contributed by atoms with Crippen molar-refractivity contribution < 1.29 is 9.47 Å². The molecule has 0 amide bonds. The van der Waals surface area contributed by atoms with Gasteiger partial charge in [-0.05, 0) is 37.5 Å². The number of rotatable bonds is 7. The SMILES string of the molecule is CCNC(=NCc1ncc(CC)s1)NCCc1ccc2c(c1)OCO2. The van der Waals surface area contributed by atoms with Gasteiger partial charge in [-0.3, -0.25) is 0 Å². The fourth-order valence-corrected chi connectivity index (χ4v) is 3.28. The number of aliphatic imine (C=N–C) groups is 1. The summed E-state index contributed by atoms with van der Waals surface area (Å²) in [6.07, 6.45) is 3.85. The summed E-state index contributed by atoms with van der Waals surface area (Å²) in [5, 5.41) is 7.69. The van der Waals surface area contributed by atoms with Crippen molar-refractivity contribution in [2.75, 3.05) is 19.9 Å². The minimum absolute atomic E-state index is 0.310. The number of benzene rings is 1. The molecule has 0 saturated heterocycles. The van der Waals surface area contributed by atoms with Gasteiger partial charge in [0.1, 0.15) is 5.01 Å². The zero-order chi connectivity index (χ0) is 17.5. The van der Waals surface area contributed by atoms with Crippen LogP contribution in [0.3, 0.4) is 0 Å². The van der Waals surface area contributed by atoms with Crippen LogP contribution >= 0.6 is 11.3 Å². The third kappa shape index (κ3) is 4.85. The second-order valence-electron chi connectivity index (χ2n) is 5.63. The number of hydrogen-bond donors (Lipinski definition) is 2. The monoisotopic (exact) mass is 360 g/mol. The summed E-state index contributed by atoms with van der Waals surface area (Å²) in [6, 6.07) is 6.07. The number of thiazole rings is 1. The first-order valence-electron chi connectivity index (χ1n) is 8.62. The Morgan fingerprint density at radius 1 is 1.24 bits per heavy atom. The van der Waals surface area contributed by atoms with Crippen LogP contribution in [0.1, 0.15) is 29.3 Å². The molecule has 3 rings (SSSR count). The standard InChI is InChI=1S/C18H24N4O2S/c1-3-14-10-21-17(25-14)11-22-18(19-4-2)20-8-7-13-5-6-15-16(9-13)24-12-23-15/h5-6,9-10H,3-4,7-8,11-12H2,1-2H3,(H2,19,20,22). The van der Waals surface area contributed by atoms with Gasteiger partial charge in [-0.25, -0.2) is 9.98 Å². The summed E-state index contributed by atoms with van der Waals surface area (Å²) in [4.78, 5) is 10.3. The highest BCUT2D eigenvalue weighted by atomic mass is 32.1. The molecule has 0 radical (unpaired) electrons. The average molecular weight is 360 g/mol. The van der Waals surface area contributed by atoms with E-state index in [4.69, 9.17) is 9.47 Å². The van der Waals surface area contributed by atoms with Crippen LogP contribution in [0, 0.1) is 0 Å². The molecule has 0 spiro atoms. The molecule has 0 saturated carbocycles. The first kappa shape index (κ1) is 17.5. The number of aryl methyl sites for hydroxylation is 1. The van der Waals surface area contributed by atoms with Crippen molar-refractivity contribution in [3.05, 3.63) is 39.8 Å². The van der Waals surface area contributed by atoms with Gasteiger partial charge in [0, 0.05) is 24.2 Å². The summed E-state index contributed by atoms with van der Waals surface area (Å²) in [5.74, 6) is 2.46. The molecule has 7 heteroatoms. The van der Waals surface area contributed by atoms with E-state index in [9.17, 15) is 0 Å². The van der Waals surface area contributed by atoms with E-state index >= 15 is 0 Å². The minimum atomic E-state index is 0.310. The molecule has 25 heavy (non-hydrogen) atoms. The van der Waals surface area contributed by atoms with Gasteiger partial charge < -0.3 is 20.1 Å². The summed E-state index contributed by atoms with van der Waals surface area (Å²) in [7, 11) is 0. The van der Waals surface area contributed by atoms with E-state index in [0.717, 1.165) is 48.4 Å². The van der Waals surface area contributed by atoms with Gasteiger partial charge in [0.05, 0.1) is 6.54 Å². The van der Waals surface area contributed by atoms with E-state index < -0.39 is 0 Å². The van der Waals surface area contributed by atoms with Crippen LogP contribution in [0.25, 0.3) is 0 Å². The van der Waals surface area contributed by atoms with Crippen molar-refractivity contribution in [3.63, 3.8) is 0 Å². The summed E-state index contributed by atoms with van der Waals surface area (Å²) >= 11 is 1.73. The van der Waals surface area contributed by atoms with E-state index in [0.29, 0.717) is 13.3 Å². The summed E-state index contributed by atoms with van der Waals surface area (Å²) in [5.41, 5.74) is 1.21. The number of ether oxygens (including phenoxy) is 2. The highest BCUT2D eigenvalue weighted by molar-refractivity contribution is 7.11. The van der Waals surface area contributed by atoms with Gasteiger partial charge in [-0.1, -0.05) is 13.0 Å². The van der Waals surface area contributed by atoms with Crippen LogP contribution in [0.4, 0.5) is 0 Å². The fraction of sp³-hybridized carbons (Fsp3) is 0.444. The zero-order valence-corrected chi connectivity index (χ0v) is 15.5. The predicted molar refractivity (Wildman–Crippen MR) is 101 cm³/mol. The van der Waals surface area contributed by atoms with Crippen LogP contribution < -0.4 is 20.1 Å². The Labute approximate surface area is 152 Å². The van der Waals surface area contributed by atoms with Gasteiger partial charge in [0.15, 0.2) is 17.5 Å². The second kappa shape index (κ2) is 8.71. The van der Waals surface area contributed by atoms with Crippen molar-refractivity contribution in [1.82, 2.24) is 15.6 Å². The molecule has 1 aromatic carbocycles. The van der Waals surface area contributed by atoms with Gasteiger partial charge in [-0.2, -0.15) is 0 Å². The Balaban J connectivity index is 1.51. The van der Waals surface area contributed by atoms with Crippen LogP contribution in [-0.4, -0.2) is 30.8 Å². The van der Waals surface area contributed by atoms with Crippen molar-refractivity contribution in [2.45, 2.75) is 33.2 Å². The molecule has 0 fully saturated rings. The number of nitrogens with zero attached hydrogens (tertiary/aromatic N) is 2. The lowest BCUT2D eigenvalue weighted by molar-refractivity contribution is 0.174. The van der Waals surface area contributed by atoms with E-state index in [1.807, 2.05) is 18.3 Å². The molecule has 2 N–H and O–H groups in total. The van der Waals surface area contributed by atoms with Crippen LogP contribution in [0.15, 0.2) is 29.4 Å². The Morgan fingerprint density at radius 2 is 2.12 bits per heavy atom. The van der Waals surface area contributed by atoms with E-state index in [1.54, 1.807) is 11.3 Å². The maximum Gasteiger partial charge on any atom is 0.231 e. The number of aromatic nitrogens is 1. The predicted octanol–water partition coefficient (Wildman–Crippen LogP) is 2.73. The number of nitrogens with one attached hydrogen (secondary N) is 2. The smallest absolute Gasteiger partial charge is 0.231 e. The Kier molecular flexibility index (Phi) is 6.11. The first-order valence-corrected chi connectivity index (χ1v) is 9.44. The van der Waals surface area contributed by atoms with Crippen LogP contribution in [-0.2, 0) is 19.4 Å². The van der Waals surface area contributed by atoms with E-state index in [2.05, 4.69) is 40.5 Å². The molecular formula is C18H24N4O2S. The minimum Gasteiger partial charge on any atom is -0.454 e. The molecule has 0 bridgehead atoms. The molecule has 2 aromatic rings. The summed E-state index contributed by atoms with van der Waals surface area (Å²) in [6.45, 7) is 6.74. The van der Waals surface area contributed by atoms with Gasteiger partial charge in [0.2, 0.25) is 6.79 Å². The molecule has 1 aliphatic heterocycles. The second-order valence-corrected chi connectivity index (χ2v) is 6.83. The normalized spacial score (nSPS) is 13.1. The lowest BCUT2D eigenvalue weighted by atomic mass is 10.1. The Bertz CT molecular complexity index is 730. The van der Waals surface area contributed by atoms with Crippen LogP contribution in [0.5, 0.6) is 11.5 Å². The fourth-order valence-electron chi connectivity index (χ4n) is 2.49. The third-order valence-corrected chi connectivity index (χ3v) is 4.94. The Hall–Kier alpha value is -2.28. The number of hydrogen-bond acceptors (Lipinski definition) is 5. The highest BCUT2D eigenvalue weighted by Gasteiger charge is 2.12. The number of fused-ring (bicyclic) bond motifs is 1. The van der Waals surface area contributed by atoms with Gasteiger partial charge >= 0.3 is 0 Å². The van der Waals surface area contributed by atoms with E-state index in [1.165, 1.54) is 10.4 Å². The molecule has 0 unspecified atom stereocenters. The lowest BCUT2D eigenvalue weighted by Gasteiger charge is -2.11. The molecule has 0 atom stereocenters. The average Bonchev–Trinajstić information content (AvgIpc) is 3.28. The van der Waals surface area contributed by atoms with Gasteiger partial charge in [0.25, 0.3) is 0 Å². The van der Waals surface area contributed by atoms with Crippen molar-refractivity contribution >= 4 is 17.3 Å².